The SMILES string of the molecule is CC1CCC2(CC1)NC(=O)N(CC(=O)OCC(=O)NC1(C#N)CCCCC1)C2=O. The number of ether oxygens (including phenoxy) is 1. The van der Waals surface area contributed by atoms with E-state index in [-0.39, 0.29) is 0 Å². The van der Waals surface area contributed by atoms with Gasteiger partial charge in [-0.25, -0.2) is 4.79 Å². The summed E-state index contributed by atoms with van der Waals surface area (Å²) in [5.41, 5.74) is -1.82. The number of imide groups is 1. The molecule has 1 aliphatic heterocycles. The highest BCUT2D eigenvalue weighted by Gasteiger charge is 2.52. The van der Waals surface area contributed by atoms with Crippen molar-refractivity contribution in [3.63, 3.8) is 0 Å². The van der Waals surface area contributed by atoms with E-state index in [1.54, 1.807) is 0 Å². The van der Waals surface area contributed by atoms with Crippen molar-refractivity contribution >= 4 is 23.8 Å². The summed E-state index contributed by atoms with van der Waals surface area (Å²) in [7, 11) is 0. The number of carbonyl (C=O) groups is 4. The van der Waals surface area contributed by atoms with Crippen molar-refractivity contribution in [1.82, 2.24) is 15.5 Å². The molecule has 158 valence electrons. The van der Waals surface area contributed by atoms with E-state index in [1.807, 2.05) is 0 Å². The first-order valence-electron chi connectivity index (χ1n) is 10.3. The van der Waals surface area contributed by atoms with Crippen LogP contribution in [0.2, 0.25) is 0 Å². The number of hydrogen-bond donors (Lipinski definition) is 2. The van der Waals surface area contributed by atoms with Crippen molar-refractivity contribution in [2.45, 2.75) is 75.8 Å². The summed E-state index contributed by atoms with van der Waals surface area (Å²) in [4.78, 5) is 50.1. The van der Waals surface area contributed by atoms with Gasteiger partial charge in [-0.2, -0.15) is 5.26 Å². The zero-order chi connectivity index (χ0) is 21.1. The van der Waals surface area contributed by atoms with Crippen LogP contribution in [0.4, 0.5) is 4.79 Å². The minimum atomic E-state index is -0.915. The number of nitriles is 1. The number of rotatable bonds is 5. The molecule has 29 heavy (non-hydrogen) atoms. The van der Waals surface area contributed by atoms with Gasteiger partial charge in [-0.05, 0) is 44.4 Å². The van der Waals surface area contributed by atoms with Gasteiger partial charge in [-0.3, -0.25) is 19.3 Å². The van der Waals surface area contributed by atoms with E-state index in [2.05, 4.69) is 23.6 Å². The summed E-state index contributed by atoms with van der Waals surface area (Å²) in [5.74, 6) is -1.29. The lowest BCUT2D eigenvalue weighted by molar-refractivity contribution is -0.151. The average Bonchev–Trinajstić information content (AvgIpc) is 2.93. The maximum absolute atomic E-state index is 12.7. The number of hydrogen-bond acceptors (Lipinski definition) is 6. The van der Waals surface area contributed by atoms with Crippen molar-refractivity contribution in [1.29, 1.82) is 5.26 Å². The molecule has 4 amide bonds. The van der Waals surface area contributed by atoms with Crippen LogP contribution in [0.15, 0.2) is 0 Å². The summed E-state index contributed by atoms with van der Waals surface area (Å²) >= 11 is 0. The molecule has 0 aromatic rings. The molecule has 0 unspecified atom stereocenters. The lowest BCUT2D eigenvalue weighted by Gasteiger charge is -2.33. The molecular weight excluding hydrogens is 376 g/mol. The molecule has 0 radical (unpaired) electrons. The molecule has 0 aromatic carbocycles. The third kappa shape index (κ3) is 4.52. The van der Waals surface area contributed by atoms with Gasteiger partial charge < -0.3 is 15.4 Å². The zero-order valence-electron chi connectivity index (χ0n) is 16.8. The lowest BCUT2D eigenvalue weighted by Crippen LogP contribution is -2.50. The van der Waals surface area contributed by atoms with Gasteiger partial charge in [-0.1, -0.05) is 26.2 Å². The quantitative estimate of drug-likeness (QED) is 0.526. The molecule has 2 saturated carbocycles. The zero-order valence-corrected chi connectivity index (χ0v) is 16.8. The van der Waals surface area contributed by atoms with Crippen LogP contribution in [-0.4, -0.2) is 52.9 Å². The highest BCUT2D eigenvalue weighted by Crippen LogP contribution is 2.36. The van der Waals surface area contributed by atoms with Crippen LogP contribution in [0.1, 0.15) is 64.7 Å². The van der Waals surface area contributed by atoms with Gasteiger partial charge in [0.1, 0.15) is 17.6 Å². The van der Waals surface area contributed by atoms with Gasteiger partial charge in [0.15, 0.2) is 6.61 Å². The molecule has 0 bridgehead atoms. The maximum atomic E-state index is 12.7. The van der Waals surface area contributed by atoms with Gasteiger partial charge in [-0.15, -0.1) is 0 Å². The molecule has 1 spiro atoms. The van der Waals surface area contributed by atoms with E-state index < -0.39 is 48.0 Å². The van der Waals surface area contributed by atoms with Gasteiger partial charge in [0.25, 0.3) is 11.8 Å². The fourth-order valence-corrected chi connectivity index (χ4v) is 4.46. The minimum Gasteiger partial charge on any atom is -0.454 e. The van der Waals surface area contributed by atoms with Crippen molar-refractivity contribution in [2.24, 2.45) is 5.92 Å². The van der Waals surface area contributed by atoms with E-state index in [0.717, 1.165) is 37.0 Å². The van der Waals surface area contributed by atoms with E-state index in [9.17, 15) is 24.4 Å². The Bertz CT molecular complexity index is 730. The first-order valence-corrected chi connectivity index (χ1v) is 10.3. The number of esters is 1. The molecule has 9 nitrogen and oxygen atoms in total. The average molecular weight is 404 g/mol. The number of nitrogens with one attached hydrogen (secondary N) is 2. The highest BCUT2D eigenvalue weighted by molar-refractivity contribution is 6.08. The smallest absolute Gasteiger partial charge is 0.326 e. The first-order chi connectivity index (χ1) is 13.8. The molecule has 1 heterocycles. The second-order valence-electron chi connectivity index (χ2n) is 8.55. The predicted octanol–water partition coefficient (Wildman–Crippen LogP) is 1.37. The second kappa shape index (κ2) is 8.39. The van der Waals surface area contributed by atoms with E-state index in [4.69, 9.17) is 4.74 Å². The molecular formula is C20H28N4O5. The van der Waals surface area contributed by atoms with Crippen LogP contribution in [-0.2, 0) is 19.1 Å². The third-order valence-electron chi connectivity index (χ3n) is 6.33. The van der Waals surface area contributed by atoms with Gasteiger partial charge in [0, 0.05) is 0 Å². The normalized spacial score (nSPS) is 28.6. The molecule has 2 aliphatic carbocycles. The second-order valence-corrected chi connectivity index (χ2v) is 8.55. The Morgan fingerprint density at radius 2 is 1.86 bits per heavy atom. The number of carbonyl (C=O) groups excluding carboxylic acids is 4. The van der Waals surface area contributed by atoms with Crippen LogP contribution in [0.25, 0.3) is 0 Å². The number of amides is 4. The van der Waals surface area contributed by atoms with Crippen molar-refractivity contribution < 1.29 is 23.9 Å². The molecule has 3 rings (SSSR count). The molecule has 9 heteroatoms. The summed E-state index contributed by atoms with van der Waals surface area (Å²) < 4.78 is 4.95. The van der Waals surface area contributed by atoms with Crippen molar-refractivity contribution in [3.05, 3.63) is 0 Å². The Kier molecular flexibility index (Phi) is 6.10. The van der Waals surface area contributed by atoms with Gasteiger partial charge in [0.2, 0.25) is 0 Å². The van der Waals surface area contributed by atoms with Crippen LogP contribution in [0.5, 0.6) is 0 Å². The molecule has 0 atom stereocenters. The lowest BCUT2D eigenvalue weighted by atomic mass is 9.77. The van der Waals surface area contributed by atoms with E-state index in [0.29, 0.717) is 31.6 Å². The summed E-state index contributed by atoms with van der Waals surface area (Å²) in [6, 6.07) is 1.56. The standard InChI is InChI=1S/C20H28N4O5/c1-14-5-9-20(10-6-14)17(27)24(18(28)23-20)11-16(26)29-12-15(25)22-19(13-21)7-3-2-4-8-19/h14H,2-12H2,1H3,(H,22,25)(H,23,28). The summed E-state index contributed by atoms with van der Waals surface area (Å²) in [5, 5.41) is 14.8. The summed E-state index contributed by atoms with van der Waals surface area (Å²) in [6.07, 6.45) is 6.70. The third-order valence-corrected chi connectivity index (χ3v) is 6.33. The molecule has 0 aromatic heterocycles. The van der Waals surface area contributed by atoms with Crippen molar-refractivity contribution in [3.8, 4) is 6.07 Å². The predicted molar refractivity (Wildman–Crippen MR) is 101 cm³/mol. The van der Waals surface area contributed by atoms with Crippen molar-refractivity contribution in [2.75, 3.05) is 13.2 Å². The Morgan fingerprint density at radius 3 is 2.48 bits per heavy atom. The van der Waals surface area contributed by atoms with Crippen LogP contribution >= 0.6 is 0 Å². The van der Waals surface area contributed by atoms with E-state index >= 15 is 0 Å². The fourth-order valence-electron chi connectivity index (χ4n) is 4.46. The Hall–Kier alpha value is -2.63. The van der Waals surface area contributed by atoms with Crippen LogP contribution in [0, 0.1) is 17.2 Å². The first kappa shape index (κ1) is 21.1. The Balaban J connectivity index is 1.49. The minimum absolute atomic E-state index is 0.401. The Labute approximate surface area is 170 Å². The maximum Gasteiger partial charge on any atom is 0.326 e. The fraction of sp³-hybridized carbons (Fsp3) is 0.750. The van der Waals surface area contributed by atoms with Crippen LogP contribution in [0.3, 0.4) is 0 Å². The molecule has 2 N–H and O–H groups in total. The topological polar surface area (TPSA) is 129 Å². The monoisotopic (exact) mass is 404 g/mol. The van der Waals surface area contributed by atoms with Crippen LogP contribution < -0.4 is 10.6 Å². The summed E-state index contributed by atoms with van der Waals surface area (Å²) in [6.45, 7) is 1.03. The largest absolute Gasteiger partial charge is 0.454 e. The number of urea groups is 1. The Morgan fingerprint density at radius 1 is 1.21 bits per heavy atom. The van der Waals surface area contributed by atoms with E-state index in [1.165, 1.54) is 0 Å². The molecule has 3 aliphatic rings. The molecule has 3 fully saturated rings. The van der Waals surface area contributed by atoms with Gasteiger partial charge >= 0.3 is 12.0 Å². The van der Waals surface area contributed by atoms with Gasteiger partial charge in [0.05, 0.1) is 6.07 Å². The molecule has 1 saturated heterocycles. The highest BCUT2D eigenvalue weighted by atomic mass is 16.5. The number of nitrogens with zero attached hydrogens (tertiary/aromatic N) is 2.